The van der Waals surface area contributed by atoms with Gasteiger partial charge in [-0.25, -0.2) is 0 Å². The highest BCUT2D eigenvalue weighted by Gasteiger charge is 2.14. The summed E-state index contributed by atoms with van der Waals surface area (Å²) in [5.41, 5.74) is 1.64. The Bertz CT molecular complexity index is 289. The van der Waals surface area contributed by atoms with E-state index in [1.54, 1.807) is 6.92 Å². The van der Waals surface area contributed by atoms with E-state index in [1.165, 1.54) is 11.1 Å². The molecule has 16 heavy (non-hydrogen) atoms. The van der Waals surface area contributed by atoms with Crippen molar-refractivity contribution >= 4 is 0 Å². The monoisotopic (exact) mass is 220 g/mol. The third-order valence-corrected chi connectivity index (χ3v) is 2.61. The number of allylic oxidation sites excluding steroid dienone is 3. The van der Waals surface area contributed by atoms with Gasteiger partial charge in [-0.05, 0) is 52.9 Å². The van der Waals surface area contributed by atoms with Crippen LogP contribution in [-0.4, -0.2) is 10.7 Å². The van der Waals surface area contributed by atoms with E-state index in [1.807, 2.05) is 0 Å². The lowest BCUT2D eigenvalue weighted by Crippen LogP contribution is -2.20. The first-order valence-corrected chi connectivity index (χ1v) is 5.87. The Balaban J connectivity index is 3.80. The maximum Gasteiger partial charge on any atom is 0.122 e. The molecular weight excluding hydrogens is 196 g/mol. The Morgan fingerprint density at radius 3 is 2.56 bits per heavy atom. The van der Waals surface area contributed by atoms with Crippen molar-refractivity contribution in [1.29, 1.82) is 0 Å². The van der Waals surface area contributed by atoms with Gasteiger partial charge in [0, 0.05) is 0 Å². The van der Waals surface area contributed by atoms with Crippen molar-refractivity contribution in [3.63, 3.8) is 0 Å². The van der Waals surface area contributed by atoms with E-state index in [0.29, 0.717) is 6.42 Å². The molecule has 0 amide bonds. The van der Waals surface area contributed by atoms with Crippen LogP contribution >= 0.6 is 0 Å². The lowest BCUT2D eigenvalue weighted by atomic mass is 9.99. The fourth-order valence-electron chi connectivity index (χ4n) is 1.44. The van der Waals surface area contributed by atoms with E-state index >= 15 is 0 Å². The normalized spacial score (nSPS) is 15.3. The predicted octanol–water partition coefficient (Wildman–Crippen LogP) is 3.84. The SMILES string of the molecule is C#CC(C)(O)CCC=C(C)CCCC(=C)C. The van der Waals surface area contributed by atoms with E-state index in [-0.39, 0.29) is 0 Å². The standard InChI is InChI=1S/C15H24O/c1-6-15(5,16)12-8-11-14(4)10-7-9-13(2)3/h1,11,16H,2,7-10,12H2,3-5H3. The van der Waals surface area contributed by atoms with Crippen LogP contribution in [0.15, 0.2) is 23.8 Å². The summed E-state index contributed by atoms with van der Waals surface area (Å²) in [6, 6.07) is 0. The Morgan fingerprint density at radius 2 is 2.06 bits per heavy atom. The van der Waals surface area contributed by atoms with Gasteiger partial charge in [0.05, 0.1) is 0 Å². The highest BCUT2D eigenvalue weighted by Crippen LogP contribution is 2.15. The largest absolute Gasteiger partial charge is 0.378 e. The van der Waals surface area contributed by atoms with Gasteiger partial charge in [0.15, 0.2) is 0 Å². The second-order valence-electron chi connectivity index (χ2n) is 4.82. The number of terminal acetylenes is 1. The lowest BCUT2D eigenvalue weighted by Gasteiger charge is -2.14. The summed E-state index contributed by atoms with van der Waals surface area (Å²) in [5.74, 6) is 2.39. The molecular formula is C15H24O. The van der Waals surface area contributed by atoms with Crippen molar-refractivity contribution in [2.24, 2.45) is 0 Å². The van der Waals surface area contributed by atoms with E-state index < -0.39 is 5.60 Å². The molecule has 90 valence electrons. The molecule has 1 nitrogen and oxygen atoms in total. The summed E-state index contributed by atoms with van der Waals surface area (Å²) in [5, 5.41) is 9.61. The molecule has 0 aliphatic carbocycles. The van der Waals surface area contributed by atoms with Gasteiger partial charge in [-0.1, -0.05) is 23.1 Å². The topological polar surface area (TPSA) is 20.2 Å². The Labute approximate surface area is 100 Å². The Hall–Kier alpha value is -1.00. The molecule has 0 fully saturated rings. The van der Waals surface area contributed by atoms with Crippen molar-refractivity contribution in [2.75, 3.05) is 0 Å². The summed E-state index contributed by atoms with van der Waals surface area (Å²) in [6.07, 6.45) is 12.2. The minimum Gasteiger partial charge on any atom is -0.378 e. The van der Waals surface area contributed by atoms with Crippen LogP contribution in [0.1, 0.15) is 52.9 Å². The first-order chi connectivity index (χ1) is 7.37. The average Bonchev–Trinajstić information content (AvgIpc) is 2.17. The molecule has 0 aliphatic rings. The van der Waals surface area contributed by atoms with Crippen LogP contribution in [0.4, 0.5) is 0 Å². The van der Waals surface area contributed by atoms with Crippen LogP contribution in [0.25, 0.3) is 0 Å². The predicted molar refractivity (Wildman–Crippen MR) is 71.1 cm³/mol. The minimum atomic E-state index is -0.964. The second kappa shape index (κ2) is 7.30. The van der Waals surface area contributed by atoms with Crippen LogP contribution in [0, 0.1) is 12.3 Å². The van der Waals surface area contributed by atoms with Gasteiger partial charge in [-0.3, -0.25) is 0 Å². The van der Waals surface area contributed by atoms with Crippen molar-refractivity contribution in [3.05, 3.63) is 23.8 Å². The van der Waals surface area contributed by atoms with Crippen molar-refractivity contribution in [2.45, 2.75) is 58.5 Å². The molecule has 0 radical (unpaired) electrons. The van der Waals surface area contributed by atoms with Gasteiger partial charge in [0.2, 0.25) is 0 Å². The molecule has 0 aromatic carbocycles. The molecule has 1 N–H and O–H groups in total. The van der Waals surface area contributed by atoms with Gasteiger partial charge in [0.1, 0.15) is 5.60 Å². The van der Waals surface area contributed by atoms with Crippen LogP contribution in [0.2, 0.25) is 0 Å². The van der Waals surface area contributed by atoms with Crippen molar-refractivity contribution < 1.29 is 5.11 Å². The fraction of sp³-hybridized carbons (Fsp3) is 0.600. The van der Waals surface area contributed by atoms with Crippen molar-refractivity contribution in [3.8, 4) is 12.3 Å². The van der Waals surface area contributed by atoms with Crippen molar-refractivity contribution in [1.82, 2.24) is 0 Å². The van der Waals surface area contributed by atoms with E-state index in [9.17, 15) is 5.11 Å². The molecule has 0 rings (SSSR count). The summed E-state index contributed by atoms with van der Waals surface area (Å²) in [7, 11) is 0. The number of hydrogen-bond donors (Lipinski definition) is 1. The first-order valence-electron chi connectivity index (χ1n) is 5.87. The molecule has 0 saturated heterocycles. The fourth-order valence-corrected chi connectivity index (χ4v) is 1.44. The smallest absolute Gasteiger partial charge is 0.122 e. The number of hydrogen-bond acceptors (Lipinski definition) is 1. The van der Waals surface area contributed by atoms with Gasteiger partial charge >= 0.3 is 0 Å². The highest BCUT2D eigenvalue weighted by molar-refractivity contribution is 5.06. The van der Waals surface area contributed by atoms with Gasteiger partial charge < -0.3 is 5.11 Å². The summed E-state index contributed by atoms with van der Waals surface area (Å²) >= 11 is 0. The van der Waals surface area contributed by atoms with E-state index in [2.05, 4.69) is 32.4 Å². The van der Waals surface area contributed by atoms with E-state index in [0.717, 1.165) is 25.7 Å². The zero-order chi connectivity index (χ0) is 12.6. The third-order valence-electron chi connectivity index (χ3n) is 2.61. The molecule has 1 atom stereocenters. The summed E-state index contributed by atoms with van der Waals surface area (Å²) in [6.45, 7) is 9.75. The zero-order valence-electron chi connectivity index (χ0n) is 10.8. The van der Waals surface area contributed by atoms with Gasteiger partial charge in [0.25, 0.3) is 0 Å². The van der Waals surface area contributed by atoms with Crippen LogP contribution in [0.5, 0.6) is 0 Å². The third kappa shape index (κ3) is 8.32. The maximum atomic E-state index is 9.61. The summed E-state index contributed by atoms with van der Waals surface area (Å²) in [4.78, 5) is 0. The van der Waals surface area contributed by atoms with E-state index in [4.69, 9.17) is 6.42 Å². The summed E-state index contributed by atoms with van der Waals surface area (Å²) < 4.78 is 0. The maximum absolute atomic E-state index is 9.61. The molecule has 0 aliphatic heterocycles. The molecule has 0 saturated carbocycles. The van der Waals surface area contributed by atoms with Gasteiger partial charge in [-0.15, -0.1) is 13.0 Å². The average molecular weight is 220 g/mol. The molecule has 0 aromatic heterocycles. The molecule has 0 aromatic rings. The van der Waals surface area contributed by atoms with Crippen LogP contribution in [0.3, 0.4) is 0 Å². The quantitative estimate of drug-likeness (QED) is 0.510. The van der Waals surface area contributed by atoms with Crippen LogP contribution in [-0.2, 0) is 0 Å². The molecule has 0 heterocycles. The zero-order valence-corrected chi connectivity index (χ0v) is 10.8. The highest BCUT2D eigenvalue weighted by atomic mass is 16.3. The number of rotatable bonds is 7. The lowest BCUT2D eigenvalue weighted by molar-refractivity contribution is 0.113. The molecule has 0 bridgehead atoms. The molecule has 0 spiro atoms. The molecule has 1 heteroatoms. The molecule has 1 unspecified atom stereocenters. The first kappa shape index (κ1) is 15.0. The minimum absolute atomic E-state index is 0.626. The Morgan fingerprint density at radius 1 is 1.44 bits per heavy atom. The van der Waals surface area contributed by atoms with Crippen LogP contribution < -0.4 is 0 Å². The number of aliphatic hydroxyl groups is 1. The van der Waals surface area contributed by atoms with Gasteiger partial charge in [-0.2, -0.15) is 0 Å². The second-order valence-corrected chi connectivity index (χ2v) is 4.82. The Kier molecular flexibility index (Phi) is 6.85.